The Morgan fingerprint density at radius 3 is 2.43 bits per heavy atom. The summed E-state index contributed by atoms with van der Waals surface area (Å²) in [5.41, 5.74) is 4.56. The van der Waals surface area contributed by atoms with E-state index in [0.29, 0.717) is 29.5 Å². The van der Waals surface area contributed by atoms with Crippen molar-refractivity contribution in [1.29, 1.82) is 0 Å². The summed E-state index contributed by atoms with van der Waals surface area (Å²) < 4.78 is 42.9. The second-order valence-electron chi connectivity index (χ2n) is 7.62. The van der Waals surface area contributed by atoms with Gasteiger partial charge in [-0.3, -0.25) is 0 Å². The Morgan fingerprint density at radius 1 is 0.929 bits per heavy atom. The lowest BCUT2D eigenvalue weighted by Gasteiger charge is -2.26. The Balaban J connectivity index is 1.61. The minimum absolute atomic E-state index is 0.0687. The average Bonchev–Trinajstić information content (AvgIpc) is 2.69. The molecule has 0 nitrogen and oxygen atoms in total. The summed E-state index contributed by atoms with van der Waals surface area (Å²) >= 11 is 0. The third-order valence-electron chi connectivity index (χ3n) is 5.75. The largest absolute Gasteiger partial charge is 0.207 e. The van der Waals surface area contributed by atoms with Crippen molar-refractivity contribution < 1.29 is 13.2 Å². The van der Waals surface area contributed by atoms with Crippen molar-refractivity contribution in [2.45, 2.75) is 44.9 Å². The zero-order chi connectivity index (χ0) is 19.7. The number of fused-ring (bicyclic) bond motifs is 1. The van der Waals surface area contributed by atoms with Gasteiger partial charge in [0.25, 0.3) is 0 Å². The Kier molecular flexibility index (Phi) is 5.25. The van der Waals surface area contributed by atoms with E-state index in [9.17, 15) is 8.78 Å². The van der Waals surface area contributed by atoms with Crippen LogP contribution in [0.1, 0.15) is 47.9 Å². The van der Waals surface area contributed by atoms with E-state index in [1.54, 1.807) is 24.3 Å². The highest BCUT2D eigenvalue weighted by Crippen LogP contribution is 2.38. The lowest BCUT2D eigenvalue weighted by molar-refractivity contribution is 0.515. The Labute approximate surface area is 164 Å². The summed E-state index contributed by atoms with van der Waals surface area (Å²) in [5.74, 6) is -0.652. The van der Waals surface area contributed by atoms with E-state index < -0.39 is 0 Å². The molecule has 0 saturated carbocycles. The molecule has 144 valence electrons. The molecular formula is C25H23F3. The number of hydrogen-bond donors (Lipinski definition) is 0. The molecule has 1 aliphatic carbocycles. The van der Waals surface area contributed by atoms with Crippen molar-refractivity contribution in [2.75, 3.05) is 0 Å². The van der Waals surface area contributed by atoms with Gasteiger partial charge in [0.15, 0.2) is 0 Å². The summed E-state index contributed by atoms with van der Waals surface area (Å²) in [5, 5.41) is 0. The van der Waals surface area contributed by atoms with Crippen LogP contribution in [-0.2, 0) is 19.3 Å². The highest BCUT2D eigenvalue weighted by molar-refractivity contribution is 5.66. The van der Waals surface area contributed by atoms with Crippen molar-refractivity contribution in [2.24, 2.45) is 0 Å². The molecule has 28 heavy (non-hydrogen) atoms. The third kappa shape index (κ3) is 3.58. The van der Waals surface area contributed by atoms with Crippen molar-refractivity contribution in [3.63, 3.8) is 0 Å². The molecule has 0 saturated heterocycles. The van der Waals surface area contributed by atoms with Crippen LogP contribution in [-0.4, -0.2) is 0 Å². The van der Waals surface area contributed by atoms with Gasteiger partial charge in [-0.15, -0.1) is 0 Å². The maximum absolute atomic E-state index is 15.1. The van der Waals surface area contributed by atoms with E-state index in [2.05, 4.69) is 6.92 Å². The number of benzene rings is 3. The fraction of sp³-hybridized carbons (Fsp3) is 0.280. The molecule has 0 radical (unpaired) electrons. The quantitative estimate of drug-likeness (QED) is 0.457. The molecule has 0 aliphatic heterocycles. The van der Waals surface area contributed by atoms with E-state index in [1.165, 1.54) is 12.1 Å². The number of rotatable bonds is 4. The van der Waals surface area contributed by atoms with E-state index in [4.69, 9.17) is 0 Å². The van der Waals surface area contributed by atoms with Crippen molar-refractivity contribution >= 4 is 0 Å². The predicted molar refractivity (Wildman–Crippen MR) is 107 cm³/mol. The van der Waals surface area contributed by atoms with Gasteiger partial charge < -0.3 is 0 Å². The summed E-state index contributed by atoms with van der Waals surface area (Å²) in [6, 6.07) is 15.1. The topological polar surface area (TPSA) is 0 Å². The molecule has 3 aromatic rings. The zero-order valence-corrected chi connectivity index (χ0v) is 15.9. The standard InChI is InChI=1S/C25H23F3/c1-2-3-16-4-11-21(24(27)14-16)18-7-13-23-19(15-18)8-12-22(25(23)28)17-5-9-20(26)10-6-17/h4-6,8-12,14,18H,2-3,7,13,15H2,1H3. The highest BCUT2D eigenvalue weighted by atomic mass is 19.1. The third-order valence-corrected chi connectivity index (χ3v) is 5.75. The fourth-order valence-corrected chi connectivity index (χ4v) is 4.27. The normalized spacial score (nSPS) is 16.1. The molecule has 0 aromatic heterocycles. The molecule has 0 amide bonds. The van der Waals surface area contributed by atoms with E-state index >= 15 is 4.39 Å². The Bertz CT molecular complexity index is 989. The van der Waals surface area contributed by atoms with Crippen molar-refractivity contribution in [3.05, 3.63) is 94.3 Å². The van der Waals surface area contributed by atoms with Gasteiger partial charge in [-0.1, -0.05) is 49.7 Å². The average molecular weight is 380 g/mol. The van der Waals surface area contributed by atoms with Crippen LogP contribution >= 0.6 is 0 Å². The van der Waals surface area contributed by atoms with Gasteiger partial charge in [0.2, 0.25) is 0 Å². The molecule has 1 aliphatic rings. The van der Waals surface area contributed by atoms with Crippen LogP contribution in [0.4, 0.5) is 13.2 Å². The molecule has 1 unspecified atom stereocenters. The highest BCUT2D eigenvalue weighted by Gasteiger charge is 2.26. The van der Waals surface area contributed by atoms with E-state index in [1.807, 2.05) is 18.2 Å². The molecule has 3 aromatic carbocycles. The van der Waals surface area contributed by atoms with Gasteiger partial charge in [-0.05, 0) is 77.6 Å². The van der Waals surface area contributed by atoms with Crippen LogP contribution in [0.25, 0.3) is 11.1 Å². The molecule has 0 N–H and O–H groups in total. The summed E-state index contributed by atoms with van der Waals surface area (Å²) in [7, 11) is 0. The van der Waals surface area contributed by atoms with Crippen LogP contribution in [0.5, 0.6) is 0 Å². The first-order valence-electron chi connectivity index (χ1n) is 9.91. The van der Waals surface area contributed by atoms with Gasteiger partial charge in [0.05, 0.1) is 0 Å². The number of aryl methyl sites for hydroxylation is 1. The van der Waals surface area contributed by atoms with E-state index in [-0.39, 0.29) is 23.4 Å². The molecule has 1 atom stereocenters. The van der Waals surface area contributed by atoms with E-state index in [0.717, 1.165) is 36.0 Å². The first kappa shape index (κ1) is 18.8. The fourth-order valence-electron chi connectivity index (χ4n) is 4.27. The molecule has 0 bridgehead atoms. The maximum Gasteiger partial charge on any atom is 0.134 e. The van der Waals surface area contributed by atoms with Crippen molar-refractivity contribution in [3.8, 4) is 11.1 Å². The van der Waals surface area contributed by atoms with Crippen LogP contribution in [0.3, 0.4) is 0 Å². The SMILES string of the molecule is CCCc1ccc(C2CCc3c(ccc(-c4ccc(F)cc4)c3F)C2)c(F)c1. The lowest BCUT2D eigenvalue weighted by atomic mass is 9.78. The monoisotopic (exact) mass is 380 g/mol. The minimum atomic E-state index is -0.336. The van der Waals surface area contributed by atoms with Crippen molar-refractivity contribution in [1.82, 2.24) is 0 Å². The molecule has 3 heteroatoms. The minimum Gasteiger partial charge on any atom is -0.207 e. The first-order chi connectivity index (χ1) is 13.6. The van der Waals surface area contributed by atoms with Crippen LogP contribution in [0.15, 0.2) is 54.6 Å². The summed E-state index contributed by atoms with van der Waals surface area (Å²) in [6.07, 6.45) is 3.81. The summed E-state index contributed by atoms with van der Waals surface area (Å²) in [4.78, 5) is 0. The maximum atomic E-state index is 15.1. The molecule has 4 rings (SSSR count). The molecule has 0 spiro atoms. The second-order valence-corrected chi connectivity index (χ2v) is 7.62. The summed E-state index contributed by atoms with van der Waals surface area (Å²) in [6.45, 7) is 2.08. The lowest BCUT2D eigenvalue weighted by Crippen LogP contribution is -2.16. The van der Waals surface area contributed by atoms with Gasteiger partial charge in [0, 0.05) is 5.56 Å². The van der Waals surface area contributed by atoms with Gasteiger partial charge in [-0.25, -0.2) is 13.2 Å². The number of halogens is 3. The Morgan fingerprint density at radius 2 is 1.71 bits per heavy atom. The van der Waals surface area contributed by atoms with Crippen LogP contribution in [0, 0.1) is 17.5 Å². The second kappa shape index (κ2) is 7.83. The first-order valence-corrected chi connectivity index (χ1v) is 9.91. The van der Waals surface area contributed by atoms with Gasteiger partial charge in [-0.2, -0.15) is 0 Å². The number of hydrogen-bond acceptors (Lipinski definition) is 0. The van der Waals surface area contributed by atoms with Gasteiger partial charge >= 0.3 is 0 Å². The molecular weight excluding hydrogens is 357 g/mol. The smallest absolute Gasteiger partial charge is 0.134 e. The van der Waals surface area contributed by atoms with Crippen LogP contribution in [0.2, 0.25) is 0 Å². The van der Waals surface area contributed by atoms with Gasteiger partial charge in [0.1, 0.15) is 17.5 Å². The molecule has 0 heterocycles. The zero-order valence-electron chi connectivity index (χ0n) is 15.9. The van der Waals surface area contributed by atoms with Crippen LogP contribution < -0.4 is 0 Å². The molecule has 0 fully saturated rings. The Hall–Kier alpha value is -2.55. The predicted octanol–water partition coefficient (Wildman–Crippen LogP) is 7.00.